The molecular formula is C10H19N3OS. The average molecular weight is 229 g/mol. The van der Waals surface area contributed by atoms with Crippen molar-refractivity contribution in [2.45, 2.75) is 44.7 Å². The lowest BCUT2D eigenvalue weighted by Crippen LogP contribution is -2.55. The number of hydrogen-bond donors (Lipinski definition) is 2. The molecule has 0 aromatic carbocycles. The number of primary amides is 1. The molecule has 0 aromatic rings. The molecule has 1 aliphatic rings. The molecule has 0 radical (unpaired) electrons. The summed E-state index contributed by atoms with van der Waals surface area (Å²) in [6, 6.07) is -0.178. The Morgan fingerprint density at radius 2 is 2.20 bits per heavy atom. The Morgan fingerprint density at radius 1 is 1.53 bits per heavy atom. The molecule has 4 N–H and O–H groups in total. The Bertz CT molecular complexity index is 241. The highest BCUT2D eigenvalue weighted by Gasteiger charge is 2.32. The number of carbonyl (C=O) groups is 1. The molecule has 15 heavy (non-hydrogen) atoms. The summed E-state index contributed by atoms with van der Waals surface area (Å²) in [4.78, 5) is 13.8. The second-order valence-corrected chi connectivity index (χ2v) is 4.45. The van der Waals surface area contributed by atoms with E-state index in [2.05, 4.69) is 4.90 Å². The number of nitrogens with zero attached hydrogens (tertiary/aromatic N) is 1. The van der Waals surface area contributed by atoms with E-state index in [9.17, 15) is 4.79 Å². The zero-order chi connectivity index (χ0) is 11.4. The molecular weight excluding hydrogens is 210 g/mol. The summed E-state index contributed by atoms with van der Waals surface area (Å²) in [5, 5.41) is 0. The lowest BCUT2D eigenvalue weighted by Gasteiger charge is -2.38. The van der Waals surface area contributed by atoms with Gasteiger partial charge in [-0.05, 0) is 25.8 Å². The monoisotopic (exact) mass is 229 g/mol. The first-order valence-corrected chi connectivity index (χ1v) is 5.83. The standard InChI is InChI=1S/C10H19N3OS/c1-2-7(9(11)14)13-6-4-3-5-8(13)10(12)15/h7-8H,2-6H2,1H3,(H2,11,14)(H2,12,15). The Labute approximate surface area is 96.0 Å². The molecule has 2 unspecified atom stereocenters. The zero-order valence-electron chi connectivity index (χ0n) is 9.11. The van der Waals surface area contributed by atoms with Crippen molar-refractivity contribution in [2.75, 3.05) is 6.54 Å². The molecule has 1 amide bonds. The van der Waals surface area contributed by atoms with Crippen molar-refractivity contribution < 1.29 is 4.79 Å². The third kappa shape index (κ3) is 2.89. The fraction of sp³-hybridized carbons (Fsp3) is 0.800. The SMILES string of the molecule is CCC(C(N)=O)N1CCCCC1C(N)=S. The highest BCUT2D eigenvalue weighted by molar-refractivity contribution is 7.80. The van der Waals surface area contributed by atoms with Gasteiger partial charge >= 0.3 is 0 Å². The maximum atomic E-state index is 11.3. The van der Waals surface area contributed by atoms with E-state index in [0.29, 0.717) is 11.4 Å². The summed E-state index contributed by atoms with van der Waals surface area (Å²) in [6.07, 6.45) is 3.87. The molecule has 5 heteroatoms. The van der Waals surface area contributed by atoms with Crippen LogP contribution in [0, 0.1) is 0 Å². The Morgan fingerprint density at radius 3 is 2.67 bits per heavy atom. The van der Waals surface area contributed by atoms with Crippen LogP contribution in [0.4, 0.5) is 0 Å². The van der Waals surface area contributed by atoms with E-state index in [4.69, 9.17) is 23.7 Å². The summed E-state index contributed by atoms with van der Waals surface area (Å²) in [5.41, 5.74) is 11.1. The molecule has 4 nitrogen and oxygen atoms in total. The Balaban J connectivity index is 2.78. The number of amides is 1. The molecule has 0 saturated carbocycles. The molecule has 0 bridgehead atoms. The van der Waals surface area contributed by atoms with Crippen molar-refractivity contribution in [3.8, 4) is 0 Å². The Kier molecular flexibility index (Phi) is 4.47. The lowest BCUT2D eigenvalue weighted by atomic mass is 9.98. The van der Waals surface area contributed by atoms with Crippen LogP contribution < -0.4 is 11.5 Å². The van der Waals surface area contributed by atoms with Gasteiger partial charge in [0, 0.05) is 0 Å². The van der Waals surface area contributed by atoms with E-state index in [1.165, 1.54) is 0 Å². The van der Waals surface area contributed by atoms with Gasteiger partial charge in [-0.1, -0.05) is 25.6 Å². The van der Waals surface area contributed by atoms with E-state index in [-0.39, 0.29) is 18.0 Å². The average Bonchev–Trinajstić information content (AvgIpc) is 2.18. The highest BCUT2D eigenvalue weighted by atomic mass is 32.1. The first-order valence-electron chi connectivity index (χ1n) is 5.42. The molecule has 0 spiro atoms. The Hall–Kier alpha value is -0.680. The van der Waals surface area contributed by atoms with Gasteiger partial charge in [0.25, 0.3) is 0 Å². The van der Waals surface area contributed by atoms with Gasteiger partial charge in [-0.3, -0.25) is 9.69 Å². The molecule has 1 rings (SSSR count). The summed E-state index contributed by atoms with van der Waals surface area (Å²) >= 11 is 5.03. The van der Waals surface area contributed by atoms with Gasteiger partial charge in [-0.15, -0.1) is 0 Å². The summed E-state index contributed by atoms with van der Waals surface area (Å²) in [6.45, 7) is 2.82. The molecule has 86 valence electrons. The van der Waals surface area contributed by atoms with Crippen molar-refractivity contribution in [1.82, 2.24) is 4.90 Å². The minimum absolute atomic E-state index is 0.0474. The summed E-state index contributed by atoms with van der Waals surface area (Å²) < 4.78 is 0. The zero-order valence-corrected chi connectivity index (χ0v) is 9.93. The van der Waals surface area contributed by atoms with Crippen LogP contribution >= 0.6 is 12.2 Å². The van der Waals surface area contributed by atoms with Crippen molar-refractivity contribution >= 4 is 23.1 Å². The van der Waals surface area contributed by atoms with Crippen molar-refractivity contribution in [2.24, 2.45) is 11.5 Å². The van der Waals surface area contributed by atoms with Gasteiger partial charge in [-0.25, -0.2) is 0 Å². The second kappa shape index (κ2) is 5.42. The van der Waals surface area contributed by atoms with E-state index < -0.39 is 0 Å². The van der Waals surface area contributed by atoms with Gasteiger partial charge in [-0.2, -0.15) is 0 Å². The molecule has 1 fully saturated rings. The number of hydrogen-bond acceptors (Lipinski definition) is 3. The quantitative estimate of drug-likeness (QED) is 0.684. The van der Waals surface area contributed by atoms with Crippen LogP contribution in [-0.4, -0.2) is 34.4 Å². The molecule has 1 heterocycles. The van der Waals surface area contributed by atoms with Crippen molar-refractivity contribution in [1.29, 1.82) is 0 Å². The fourth-order valence-electron chi connectivity index (χ4n) is 2.23. The van der Waals surface area contributed by atoms with Gasteiger partial charge in [0.1, 0.15) is 0 Å². The number of likely N-dealkylation sites (tertiary alicyclic amines) is 1. The summed E-state index contributed by atoms with van der Waals surface area (Å²) in [7, 11) is 0. The maximum Gasteiger partial charge on any atom is 0.234 e. The summed E-state index contributed by atoms with van der Waals surface area (Å²) in [5.74, 6) is -0.277. The number of thiocarbonyl (C=S) groups is 1. The predicted octanol–water partition coefficient (Wildman–Crippen LogP) is 0.391. The topological polar surface area (TPSA) is 72.4 Å². The number of rotatable bonds is 4. The third-order valence-electron chi connectivity index (χ3n) is 2.99. The number of nitrogens with two attached hydrogens (primary N) is 2. The van der Waals surface area contributed by atoms with Crippen LogP contribution in [0.1, 0.15) is 32.6 Å². The normalized spacial score (nSPS) is 24.7. The lowest BCUT2D eigenvalue weighted by molar-refractivity contribution is -0.124. The van der Waals surface area contributed by atoms with Gasteiger partial charge in [0.15, 0.2) is 0 Å². The number of carbonyl (C=O) groups excluding carboxylic acids is 1. The first kappa shape index (κ1) is 12.4. The van der Waals surface area contributed by atoms with Gasteiger partial charge in [0.05, 0.1) is 17.1 Å². The molecule has 0 aromatic heterocycles. The minimum Gasteiger partial charge on any atom is -0.392 e. The van der Waals surface area contributed by atoms with Crippen LogP contribution in [0.2, 0.25) is 0 Å². The molecule has 2 atom stereocenters. The van der Waals surface area contributed by atoms with Crippen molar-refractivity contribution in [3.63, 3.8) is 0 Å². The molecule has 1 saturated heterocycles. The van der Waals surface area contributed by atoms with Gasteiger partial charge < -0.3 is 11.5 Å². The predicted molar refractivity (Wildman–Crippen MR) is 64.4 cm³/mol. The maximum absolute atomic E-state index is 11.3. The van der Waals surface area contributed by atoms with E-state index in [0.717, 1.165) is 25.8 Å². The fourth-order valence-corrected chi connectivity index (χ4v) is 2.48. The van der Waals surface area contributed by atoms with Gasteiger partial charge in [0.2, 0.25) is 5.91 Å². The third-order valence-corrected chi connectivity index (χ3v) is 3.26. The smallest absolute Gasteiger partial charge is 0.234 e. The number of piperidine rings is 1. The van der Waals surface area contributed by atoms with Crippen LogP contribution in [-0.2, 0) is 4.79 Å². The van der Waals surface area contributed by atoms with Crippen LogP contribution in [0.3, 0.4) is 0 Å². The van der Waals surface area contributed by atoms with Crippen molar-refractivity contribution in [3.05, 3.63) is 0 Å². The van der Waals surface area contributed by atoms with E-state index in [1.54, 1.807) is 0 Å². The largest absolute Gasteiger partial charge is 0.392 e. The highest BCUT2D eigenvalue weighted by Crippen LogP contribution is 2.21. The van der Waals surface area contributed by atoms with Crippen LogP contribution in [0.5, 0.6) is 0 Å². The molecule has 0 aliphatic carbocycles. The molecule has 1 aliphatic heterocycles. The van der Waals surface area contributed by atoms with E-state index >= 15 is 0 Å². The van der Waals surface area contributed by atoms with Crippen LogP contribution in [0.25, 0.3) is 0 Å². The van der Waals surface area contributed by atoms with E-state index in [1.807, 2.05) is 6.92 Å². The minimum atomic E-state index is -0.277. The second-order valence-electron chi connectivity index (χ2n) is 3.98. The first-order chi connectivity index (χ1) is 7.07. The van der Waals surface area contributed by atoms with Crippen LogP contribution in [0.15, 0.2) is 0 Å².